The van der Waals surface area contributed by atoms with Gasteiger partial charge < -0.3 is 9.52 Å². The molecule has 0 saturated carbocycles. The average molecular weight is 277 g/mol. The van der Waals surface area contributed by atoms with Gasteiger partial charge in [-0.2, -0.15) is 4.39 Å². The first-order valence-electron chi connectivity index (χ1n) is 4.25. The molecule has 1 heterocycles. The number of aliphatic hydroxyl groups is 1. The number of furan rings is 1. The van der Waals surface area contributed by atoms with Gasteiger partial charge in [0.05, 0.1) is 0 Å². The maximum Gasteiger partial charge on any atom is 0.201 e. The minimum atomic E-state index is -1.04. The lowest BCUT2D eigenvalue weighted by Gasteiger charge is -1.96. The van der Waals surface area contributed by atoms with Crippen LogP contribution in [-0.2, 0) is 0 Å². The van der Waals surface area contributed by atoms with E-state index in [0.717, 1.165) is 6.07 Å². The van der Waals surface area contributed by atoms with Gasteiger partial charge in [-0.15, -0.1) is 0 Å². The zero-order valence-electron chi connectivity index (χ0n) is 7.72. The van der Waals surface area contributed by atoms with Crippen LogP contribution in [-0.4, -0.2) is 5.11 Å². The van der Waals surface area contributed by atoms with Gasteiger partial charge >= 0.3 is 0 Å². The predicted octanol–water partition coefficient (Wildman–Crippen LogP) is 3.53. The van der Waals surface area contributed by atoms with Crippen molar-refractivity contribution in [2.75, 3.05) is 0 Å². The lowest BCUT2D eigenvalue weighted by atomic mass is 10.2. The number of hydrogen-bond acceptors (Lipinski definition) is 2. The van der Waals surface area contributed by atoms with Crippen molar-refractivity contribution >= 4 is 26.9 Å². The van der Waals surface area contributed by atoms with Gasteiger partial charge in [-0.25, -0.2) is 4.39 Å². The van der Waals surface area contributed by atoms with Crippen LogP contribution in [0.1, 0.15) is 18.8 Å². The Kier molecular flexibility index (Phi) is 2.52. The maximum atomic E-state index is 13.3. The van der Waals surface area contributed by atoms with Crippen molar-refractivity contribution in [1.29, 1.82) is 0 Å². The van der Waals surface area contributed by atoms with Crippen LogP contribution in [0.5, 0.6) is 0 Å². The van der Waals surface area contributed by atoms with E-state index in [0.29, 0.717) is 9.86 Å². The van der Waals surface area contributed by atoms with Crippen LogP contribution >= 0.6 is 15.9 Å². The summed E-state index contributed by atoms with van der Waals surface area (Å²) in [6.07, 6.45) is -0.855. The number of aliphatic hydroxyl groups excluding tert-OH is 1. The Morgan fingerprint density at radius 2 is 2.07 bits per heavy atom. The molecule has 2 aromatic rings. The second kappa shape index (κ2) is 3.57. The molecule has 0 radical (unpaired) electrons. The van der Waals surface area contributed by atoms with Gasteiger partial charge in [0.15, 0.2) is 11.4 Å². The highest BCUT2D eigenvalue weighted by atomic mass is 79.9. The molecule has 0 amide bonds. The van der Waals surface area contributed by atoms with E-state index in [2.05, 4.69) is 15.9 Å². The second-order valence-electron chi connectivity index (χ2n) is 3.22. The van der Waals surface area contributed by atoms with E-state index in [1.54, 1.807) is 0 Å². The zero-order valence-corrected chi connectivity index (χ0v) is 9.31. The molecule has 80 valence electrons. The average Bonchev–Trinajstić information content (AvgIpc) is 2.59. The molecule has 15 heavy (non-hydrogen) atoms. The second-order valence-corrected chi connectivity index (χ2v) is 4.08. The Morgan fingerprint density at radius 1 is 1.40 bits per heavy atom. The molecular weight excluding hydrogens is 270 g/mol. The number of halogens is 3. The molecule has 1 aromatic carbocycles. The fourth-order valence-electron chi connectivity index (χ4n) is 1.32. The van der Waals surface area contributed by atoms with E-state index in [-0.39, 0.29) is 11.3 Å². The molecule has 0 fully saturated rings. The van der Waals surface area contributed by atoms with Gasteiger partial charge in [0.25, 0.3) is 0 Å². The summed E-state index contributed by atoms with van der Waals surface area (Å²) >= 11 is 3.10. The zero-order chi connectivity index (χ0) is 11.2. The van der Waals surface area contributed by atoms with E-state index in [1.807, 2.05) is 0 Å². The molecule has 1 atom stereocenters. The number of benzene rings is 1. The van der Waals surface area contributed by atoms with Crippen molar-refractivity contribution in [2.24, 2.45) is 0 Å². The molecule has 1 aromatic heterocycles. The quantitative estimate of drug-likeness (QED) is 0.809. The van der Waals surface area contributed by atoms with Crippen molar-refractivity contribution in [2.45, 2.75) is 13.0 Å². The highest BCUT2D eigenvalue weighted by molar-refractivity contribution is 9.10. The Balaban J connectivity index is 2.80. The summed E-state index contributed by atoms with van der Waals surface area (Å²) in [4.78, 5) is 0. The minimum Gasteiger partial charge on any atom is -0.455 e. The van der Waals surface area contributed by atoms with Crippen LogP contribution in [0.15, 0.2) is 21.0 Å². The first kappa shape index (κ1) is 10.6. The Labute approximate surface area is 92.6 Å². The number of rotatable bonds is 1. The summed E-state index contributed by atoms with van der Waals surface area (Å²) in [5.74, 6) is -1.82. The van der Waals surface area contributed by atoms with Crippen molar-refractivity contribution < 1.29 is 18.3 Å². The summed E-state index contributed by atoms with van der Waals surface area (Å²) < 4.78 is 31.7. The SMILES string of the molecule is CC(O)c1cc2c(Br)cc(F)c(F)c2o1. The largest absolute Gasteiger partial charge is 0.455 e. The fraction of sp³-hybridized carbons (Fsp3) is 0.200. The first-order valence-corrected chi connectivity index (χ1v) is 5.05. The fourth-order valence-corrected chi connectivity index (χ4v) is 1.81. The third-order valence-electron chi connectivity index (χ3n) is 2.08. The molecule has 0 bridgehead atoms. The molecule has 0 aliphatic rings. The van der Waals surface area contributed by atoms with Gasteiger partial charge in [-0.1, -0.05) is 0 Å². The van der Waals surface area contributed by atoms with Crippen LogP contribution in [0.4, 0.5) is 8.78 Å². The van der Waals surface area contributed by atoms with E-state index >= 15 is 0 Å². The number of hydrogen-bond donors (Lipinski definition) is 1. The molecule has 1 unspecified atom stereocenters. The van der Waals surface area contributed by atoms with Crippen molar-refractivity contribution in [3.63, 3.8) is 0 Å². The summed E-state index contributed by atoms with van der Waals surface area (Å²) in [7, 11) is 0. The smallest absolute Gasteiger partial charge is 0.201 e. The van der Waals surface area contributed by atoms with Gasteiger partial charge in [0.1, 0.15) is 11.9 Å². The highest BCUT2D eigenvalue weighted by Gasteiger charge is 2.17. The van der Waals surface area contributed by atoms with Crippen LogP contribution in [0, 0.1) is 11.6 Å². The van der Waals surface area contributed by atoms with Gasteiger partial charge in [-0.05, 0) is 35.0 Å². The normalized spacial score (nSPS) is 13.4. The third kappa shape index (κ3) is 1.66. The number of fused-ring (bicyclic) bond motifs is 1. The molecule has 2 rings (SSSR count). The monoisotopic (exact) mass is 276 g/mol. The summed E-state index contributed by atoms with van der Waals surface area (Å²) in [5, 5.41) is 9.66. The minimum absolute atomic E-state index is 0.183. The van der Waals surface area contributed by atoms with Crippen LogP contribution in [0.25, 0.3) is 11.0 Å². The first-order chi connectivity index (χ1) is 7.00. The summed E-state index contributed by atoms with van der Waals surface area (Å²) in [6.45, 7) is 1.49. The van der Waals surface area contributed by atoms with Crippen molar-refractivity contribution in [3.05, 3.63) is 34.0 Å². The van der Waals surface area contributed by atoms with Crippen LogP contribution < -0.4 is 0 Å². The summed E-state index contributed by atoms with van der Waals surface area (Å²) in [5.41, 5.74) is -0.183. The van der Waals surface area contributed by atoms with Crippen molar-refractivity contribution in [3.8, 4) is 0 Å². The molecule has 2 nitrogen and oxygen atoms in total. The molecule has 0 aliphatic carbocycles. The molecule has 0 spiro atoms. The molecule has 5 heteroatoms. The van der Waals surface area contributed by atoms with Crippen molar-refractivity contribution in [1.82, 2.24) is 0 Å². The van der Waals surface area contributed by atoms with Gasteiger partial charge in [-0.3, -0.25) is 0 Å². The van der Waals surface area contributed by atoms with E-state index < -0.39 is 17.7 Å². The highest BCUT2D eigenvalue weighted by Crippen LogP contribution is 2.32. The maximum absolute atomic E-state index is 13.3. The Morgan fingerprint density at radius 3 is 2.67 bits per heavy atom. The Bertz CT molecular complexity index is 520. The summed E-state index contributed by atoms with van der Waals surface area (Å²) in [6, 6.07) is 2.51. The van der Waals surface area contributed by atoms with Gasteiger partial charge in [0, 0.05) is 9.86 Å². The molecule has 1 N–H and O–H groups in total. The Hall–Kier alpha value is -0.940. The standard InChI is InChI=1S/C10H7BrF2O2/c1-4(14)8-2-5-6(11)3-7(12)9(13)10(5)15-8/h2-4,14H,1H3. The van der Waals surface area contributed by atoms with Crippen LogP contribution in [0.2, 0.25) is 0 Å². The molecular formula is C10H7BrF2O2. The lowest BCUT2D eigenvalue weighted by molar-refractivity contribution is 0.171. The predicted molar refractivity (Wildman–Crippen MR) is 54.5 cm³/mol. The molecule has 0 aliphatic heterocycles. The van der Waals surface area contributed by atoms with Gasteiger partial charge in [0.2, 0.25) is 5.82 Å². The topological polar surface area (TPSA) is 33.4 Å². The van der Waals surface area contributed by atoms with E-state index in [4.69, 9.17) is 4.42 Å². The van der Waals surface area contributed by atoms with E-state index in [1.165, 1.54) is 13.0 Å². The van der Waals surface area contributed by atoms with E-state index in [9.17, 15) is 13.9 Å². The van der Waals surface area contributed by atoms with Crippen LogP contribution in [0.3, 0.4) is 0 Å². The lowest BCUT2D eigenvalue weighted by Crippen LogP contribution is -1.85. The third-order valence-corrected chi connectivity index (χ3v) is 2.74. The molecule has 0 saturated heterocycles.